The Morgan fingerprint density at radius 1 is 0.929 bits per heavy atom. The average molecular weight is 412 g/mol. The van der Waals surface area contributed by atoms with Crippen LogP contribution in [0.5, 0.6) is 0 Å². The van der Waals surface area contributed by atoms with E-state index in [0.717, 1.165) is 35.1 Å². The van der Waals surface area contributed by atoms with Gasteiger partial charge in [0.05, 0.1) is 0 Å². The molecule has 0 saturated heterocycles. The van der Waals surface area contributed by atoms with Crippen LogP contribution in [0.1, 0.15) is 44.9 Å². The fourth-order valence-electron chi connectivity index (χ4n) is 6.41. The largest absolute Gasteiger partial charge is 0.311 e. The molecule has 0 aromatic heterocycles. The summed E-state index contributed by atoms with van der Waals surface area (Å²) in [7, 11) is 0. The lowest BCUT2D eigenvalue weighted by Crippen LogP contribution is -2.58. The summed E-state index contributed by atoms with van der Waals surface area (Å²) in [5.74, 6) is 4.22. The van der Waals surface area contributed by atoms with Crippen LogP contribution < -0.4 is 5.32 Å². The normalized spacial score (nSPS) is 30.7. The van der Waals surface area contributed by atoms with Crippen LogP contribution in [0.25, 0.3) is 11.1 Å². The third kappa shape index (κ3) is 4.01. The smallest absolute Gasteiger partial charge is 0.0412 e. The SMILES string of the molecule is Clc1ccc(SCCCNC23CC4CC(CC(C4)C2)C3)c(-c2ccccc2)c1. The summed E-state index contributed by atoms with van der Waals surface area (Å²) in [5, 5.41) is 4.85. The summed E-state index contributed by atoms with van der Waals surface area (Å²) in [6, 6.07) is 16.9. The number of rotatable bonds is 7. The van der Waals surface area contributed by atoms with Crippen molar-refractivity contribution in [2.24, 2.45) is 17.8 Å². The molecule has 4 saturated carbocycles. The van der Waals surface area contributed by atoms with Crippen molar-refractivity contribution in [2.75, 3.05) is 12.3 Å². The molecular weight excluding hydrogens is 382 g/mol. The number of hydrogen-bond acceptors (Lipinski definition) is 2. The molecule has 4 aliphatic carbocycles. The Hall–Kier alpha value is -0.960. The topological polar surface area (TPSA) is 12.0 Å². The highest BCUT2D eigenvalue weighted by atomic mass is 35.5. The minimum atomic E-state index is 0.495. The molecule has 0 unspecified atom stereocenters. The lowest BCUT2D eigenvalue weighted by Gasteiger charge is -2.57. The quantitative estimate of drug-likeness (QED) is 0.387. The molecule has 6 rings (SSSR count). The Morgan fingerprint density at radius 3 is 2.29 bits per heavy atom. The van der Waals surface area contributed by atoms with Gasteiger partial charge in [0.1, 0.15) is 0 Å². The molecule has 0 aliphatic heterocycles. The van der Waals surface area contributed by atoms with Gasteiger partial charge in [0.25, 0.3) is 0 Å². The summed E-state index contributed by atoms with van der Waals surface area (Å²) in [6.45, 7) is 1.16. The van der Waals surface area contributed by atoms with Crippen LogP contribution in [-0.2, 0) is 0 Å². The zero-order chi connectivity index (χ0) is 19.0. The van der Waals surface area contributed by atoms with Crippen molar-refractivity contribution in [1.29, 1.82) is 0 Å². The Morgan fingerprint density at radius 2 is 1.61 bits per heavy atom. The number of benzene rings is 2. The van der Waals surface area contributed by atoms with E-state index in [2.05, 4.69) is 47.8 Å². The Bertz CT molecular complexity index is 783. The van der Waals surface area contributed by atoms with E-state index in [0.29, 0.717) is 5.54 Å². The van der Waals surface area contributed by atoms with Gasteiger partial charge < -0.3 is 5.32 Å². The highest BCUT2D eigenvalue weighted by Crippen LogP contribution is 2.55. The molecule has 2 aromatic rings. The molecule has 4 fully saturated rings. The van der Waals surface area contributed by atoms with Crippen LogP contribution in [0.15, 0.2) is 53.4 Å². The second kappa shape index (κ2) is 8.05. The summed E-state index contributed by atoms with van der Waals surface area (Å²) in [6.07, 6.45) is 10.1. The van der Waals surface area contributed by atoms with E-state index >= 15 is 0 Å². The van der Waals surface area contributed by atoms with Gasteiger partial charge in [-0.05, 0) is 104 Å². The van der Waals surface area contributed by atoms with Crippen LogP contribution >= 0.6 is 23.4 Å². The van der Waals surface area contributed by atoms with Crippen molar-refractivity contribution in [3.63, 3.8) is 0 Å². The first-order valence-corrected chi connectivity index (χ1v) is 12.3. The highest BCUT2D eigenvalue weighted by molar-refractivity contribution is 7.99. The van der Waals surface area contributed by atoms with Crippen molar-refractivity contribution in [3.05, 3.63) is 53.6 Å². The van der Waals surface area contributed by atoms with Gasteiger partial charge >= 0.3 is 0 Å². The molecule has 1 nitrogen and oxygen atoms in total. The lowest BCUT2D eigenvalue weighted by atomic mass is 9.53. The number of thioether (sulfide) groups is 1. The molecule has 0 heterocycles. The first-order valence-electron chi connectivity index (χ1n) is 10.9. The maximum absolute atomic E-state index is 6.28. The summed E-state index contributed by atoms with van der Waals surface area (Å²) in [4.78, 5) is 1.34. The van der Waals surface area contributed by atoms with Crippen LogP contribution in [-0.4, -0.2) is 17.8 Å². The Balaban J connectivity index is 1.16. The summed E-state index contributed by atoms with van der Waals surface area (Å²) in [5.41, 5.74) is 3.00. The zero-order valence-electron chi connectivity index (χ0n) is 16.5. The molecule has 148 valence electrons. The van der Waals surface area contributed by atoms with Crippen molar-refractivity contribution < 1.29 is 0 Å². The maximum Gasteiger partial charge on any atom is 0.0412 e. The van der Waals surface area contributed by atoms with Crippen molar-refractivity contribution >= 4 is 23.4 Å². The maximum atomic E-state index is 6.28. The summed E-state index contributed by atoms with van der Waals surface area (Å²) >= 11 is 8.25. The second-order valence-corrected chi connectivity index (χ2v) is 10.9. The molecule has 0 radical (unpaired) electrons. The molecule has 4 bridgehead atoms. The Labute approximate surface area is 178 Å². The minimum absolute atomic E-state index is 0.495. The molecule has 0 amide bonds. The van der Waals surface area contributed by atoms with Crippen LogP contribution in [0.2, 0.25) is 5.02 Å². The van der Waals surface area contributed by atoms with E-state index < -0.39 is 0 Å². The molecule has 2 aromatic carbocycles. The van der Waals surface area contributed by atoms with E-state index in [4.69, 9.17) is 11.6 Å². The molecular formula is C25H30ClNS. The predicted octanol–water partition coefficient (Wildman–Crippen LogP) is 7.05. The lowest BCUT2D eigenvalue weighted by molar-refractivity contribution is -0.0193. The Kier molecular flexibility index (Phi) is 5.47. The molecule has 3 heteroatoms. The molecule has 28 heavy (non-hydrogen) atoms. The standard InChI is InChI=1S/C25H30ClNS/c26-22-7-8-24(23(14-22)21-5-2-1-3-6-21)28-10-4-9-27-25-15-18-11-19(16-25)13-20(12-18)17-25/h1-3,5-8,14,18-20,27H,4,9-13,15-17H2. The predicted molar refractivity (Wildman–Crippen MR) is 121 cm³/mol. The van der Waals surface area contributed by atoms with Gasteiger partial charge in [-0.25, -0.2) is 0 Å². The molecule has 4 aliphatic rings. The zero-order valence-corrected chi connectivity index (χ0v) is 18.1. The summed E-state index contributed by atoms with van der Waals surface area (Å²) < 4.78 is 0. The van der Waals surface area contributed by atoms with Crippen LogP contribution in [0, 0.1) is 17.8 Å². The minimum Gasteiger partial charge on any atom is -0.311 e. The number of halogens is 1. The van der Waals surface area contributed by atoms with Gasteiger partial charge in [-0.15, -0.1) is 11.8 Å². The second-order valence-electron chi connectivity index (χ2n) is 9.33. The third-order valence-electron chi connectivity index (χ3n) is 7.14. The van der Waals surface area contributed by atoms with E-state index in [-0.39, 0.29) is 0 Å². The highest BCUT2D eigenvalue weighted by Gasteiger charge is 2.50. The van der Waals surface area contributed by atoms with Gasteiger partial charge in [-0.2, -0.15) is 0 Å². The monoisotopic (exact) mass is 411 g/mol. The first kappa shape index (κ1) is 19.0. The van der Waals surface area contributed by atoms with Gasteiger partial charge in [0.2, 0.25) is 0 Å². The fraction of sp³-hybridized carbons (Fsp3) is 0.520. The first-order chi connectivity index (χ1) is 13.7. The van der Waals surface area contributed by atoms with E-state index in [1.807, 2.05) is 17.8 Å². The number of hydrogen-bond donors (Lipinski definition) is 1. The van der Waals surface area contributed by atoms with Crippen LogP contribution in [0.4, 0.5) is 0 Å². The van der Waals surface area contributed by atoms with Gasteiger partial charge in [-0.3, -0.25) is 0 Å². The van der Waals surface area contributed by atoms with Crippen molar-refractivity contribution in [2.45, 2.75) is 55.4 Å². The molecule has 1 N–H and O–H groups in total. The molecule has 0 atom stereocenters. The number of nitrogens with one attached hydrogen (secondary N) is 1. The average Bonchev–Trinajstić information content (AvgIpc) is 2.68. The molecule has 0 spiro atoms. The fourth-order valence-corrected chi connectivity index (χ4v) is 7.58. The van der Waals surface area contributed by atoms with E-state index in [1.54, 1.807) is 0 Å². The van der Waals surface area contributed by atoms with Gasteiger partial charge in [-0.1, -0.05) is 41.9 Å². The van der Waals surface area contributed by atoms with E-state index in [1.165, 1.54) is 61.0 Å². The van der Waals surface area contributed by atoms with Crippen molar-refractivity contribution in [1.82, 2.24) is 5.32 Å². The van der Waals surface area contributed by atoms with E-state index in [9.17, 15) is 0 Å². The van der Waals surface area contributed by atoms with Gasteiger partial charge in [0.15, 0.2) is 0 Å². The van der Waals surface area contributed by atoms with Gasteiger partial charge in [0, 0.05) is 15.5 Å². The van der Waals surface area contributed by atoms with Crippen LogP contribution in [0.3, 0.4) is 0 Å². The van der Waals surface area contributed by atoms with Crippen molar-refractivity contribution in [3.8, 4) is 11.1 Å². The third-order valence-corrected chi connectivity index (χ3v) is 8.54.